The van der Waals surface area contributed by atoms with Crippen molar-refractivity contribution in [2.75, 3.05) is 12.1 Å². The van der Waals surface area contributed by atoms with Crippen molar-refractivity contribution < 1.29 is 14.3 Å². The van der Waals surface area contributed by atoms with Gasteiger partial charge in [-0.2, -0.15) is 9.64 Å². The molecule has 3 rings (SSSR count). The molecule has 0 spiro atoms. The lowest BCUT2D eigenvalue weighted by Gasteiger charge is -2.12. The van der Waals surface area contributed by atoms with Gasteiger partial charge >= 0.3 is 0 Å². The molecule has 2 heterocycles. The number of nitriles is 1. The van der Waals surface area contributed by atoms with Crippen LogP contribution < -0.4 is 10.1 Å². The first-order chi connectivity index (χ1) is 12.2. The molecule has 0 radical (unpaired) electrons. The van der Waals surface area contributed by atoms with Crippen molar-refractivity contribution in [3.63, 3.8) is 0 Å². The monoisotopic (exact) mass is 358 g/mol. The van der Waals surface area contributed by atoms with Gasteiger partial charge in [0.2, 0.25) is 0 Å². The Morgan fingerprint density at radius 2 is 2.28 bits per heavy atom. The van der Waals surface area contributed by atoms with Crippen LogP contribution in [0.3, 0.4) is 0 Å². The number of nitrogens with one attached hydrogen (secondary N) is 1. The van der Waals surface area contributed by atoms with E-state index < -0.39 is 5.91 Å². The summed E-state index contributed by atoms with van der Waals surface area (Å²) in [5.74, 6) is 0.0979. The SMILES string of the molecule is Cc1nsc(C#N)c1NC(=O)c1cc(OCOC2CCCC2)ccn1. The van der Waals surface area contributed by atoms with Crippen LogP contribution in [0.5, 0.6) is 5.75 Å². The van der Waals surface area contributed by atoms with Crippen LogP contribution in [0.15, 0.2) is 18.3 Å². The molecule has 1 aliphatic carbocycles. The molecule has 1 aliphatic rings. The predicted octanol–water partition coefficient (Wildman–Crippen LogP) is 3.27. The van der Waals surface area contributed by atoms with Gasteiger partial charge in [0.25, 0.3) is 5.91 Å². The summed E-state index contributed by atoms with van der Waals surface area (Å²) in [5, 5.41) is 11.8. The molecular weight excluding hydrogens is 340 g/mol. The number of aromatic nitrogens is 2. The van der Waals surface area contributed by atoms with E-state index in [4.69, 9.17) is 14.7 Å². The molecule has 1 N–H and O–H groups in total. The van der Waals surface area contributed by atoms with Crippen molar-refractivity contribution >= 4 is 23.1 Å². The minimum Gasteiger partial charge on any atom is -0.467 e. The molecule has 8 heteroatoms. The zero-order chi connectivity index (χ0) is 17.6. The molecule has 0 atom stereocenters. The van der Waals surface area contributed by atoms with Gasteiger partial charge in [-0.1, -0.05) is 12.8 Å². The highest BCUT2D eigenvalue weighted by Gasteiger charge is 2.17. The Kier molecular flexibility index (Phi) is 5.58. The number of hydrogen-bond acceptors (Lipinski definition) is 7. The van der Waals surface area contributed by atoms with Gasteiger partial charge < -0.3 is 14.8 Å². The smallest absolute Gasteiger partial charge is 0.274 e. The van der Waals surface area contributed by atoms with E-state index in [1.54, 1.807) is 19.1 Å². The summed E-state index contributed by atoms with van der Waals surface area (Å²) in [6.07, 6.45) is 6.31. The van der Waals surface area contributed by atoms with E-state index in [0.29, 0.717) is 22.0 Å². The second-order valence-electron chi connectivity index (χ2n) is 5.75. The molecule has 1 amide bonds. The number of nitrogens with zero attached hydrogens (tertiary/aromatic N) is 3. The topological polar surface area (TPSA) is 97.1 Å². The zero-order valence-corrected chi connectivity index (χ0v) is 14.6. The fraction of sp³-hybridized carbons (Fsp3) is 0.412. The molecule has 1 fully saturated rings. The van der Waals surface area contributed by atoms with Crippen molar-refractivity contribution in [3.8, 4) is 11.8 Å². The Balaban J connectivity index is 1.61. The van der Waals surface area contributed by atoms with Crippen LogP contribution in [0, 0.1) is 18.3 Å². The van der Waals surface area contributed by atoms with E-state index >= 15 is 0 Å². The second-order valence-corrected chi connectivity index (χ2v) is 6.52. The number of rotatable bonds is 6. The van der Waals surface area contributed by atoms with Crippen LogP contribution >= 0.6 is 11.5 Å². The molecule has 2 aromatic heterocycles. The lowest BCUT2D eigenvalue weighted by atomic mass is 10.3. The minimum atomic E-state index is -0.415. The number of hydrogen-bond donors (Lipinski definition) is 1. The first-order valence-corrected chi connectivity index (χ1v) is 8.83. The maximum absolute atomic E-state index is 12.4. The third-order valence-corrected chi connectivity index (χ3v) is 4.84. The van der Waals surface area contributed by atoms with E-state index in [1.807, 2.05) is 6.07 Å². The Morgan fingerprint density at radius 3 is 3.04 bits per heavy atom. The average Bonchev–Trinajstić information content (AvgIpc) is 3.26. The molecule has 1 saturated carbocycles. The van der Waals surface area contributed by atoms with Gasteiger partial charge in [0.05, 0.1) is 17.5 Å². The molecule has 0 unspecified atom stereocenters. The van der Waals surface area contributed by atoms with Crippen LogP contribution in [-0.2, 0) is 4.74 Å². The number of amides is 1. The van der Waals surface area contributed by atoms with Crippen LogP contribution in [0.25, 0.3) is 0 Å². The summed E-state index contributed by atoms with van der Waals surface area (Å²) >= 11 is 1.05. The molecule has 0 bridgehead atoms. The van der Waals surface area contributed by atoms with E-state index in [1.165, 1.54) is 19.0 Å². The minimum absolute atomic E-state index is 0.155. The molecule has 0 aromatic carbocycles. The molecule has 25 heavy (non-hydrogen) atoms. The highest BCUT2D eigenvalue weighted by atomic mass is 32.1. The Morgan fingerprint density at radius 1 is 1.48 bits per heavy atom. The van der Waals surface area contributed by atoms with Crippen LogP contribution in [0.2, 0.25) is 0 Å². The highest BCUT2D eigenvalue weighted by molar-refractivity contribution is 7.07. The number of anilines is 1. The zero-order valence-electron chi connectivity index (χ0n) is 13.8. The number of ether oxygens (including phenoxy) is 2. The maximum Gasteiger partial charge on any atom is 0.274 e. The molecule has 2 aromatic rings. The van der Waals surface area contributed by atoms with E-state index in [0.717, 1.165) is 24.4 Å². The summed E-state index contributed by atoms with van der Waals surface area (Å²) in [7, 11) is 0. The number of carbonyl (C=O) groups is 1. The summed E-state index contributed by atoms with van der Waals surface area (Å²) < 4.78 is 15.3. The molecule has 7 nitrogen and oxygen atoms in total. The summed E-state index contributed by atoms with van der Waals surface area (Å²) in [4.78, 5) is 16.8. The van der Waals surface area contributed by atoms with E-state index in [2.05, 4.69) is 14.7 Å². The average molecular weight is 358 g/mol. The first-order valence-electron chi connectivity index (χ1n) is 8.05. The number of aryl methyl sites for hydroxylation is 1. The van der Waals surface area contributed by atoms with Crippen molar-refractivity contribution in [2.45, 2.75) is 38.7 Å². The first kappa shape index (κ1) is 17.3. The second kappa shape index (κ2) is 8.05. The third-order valence-electron chi connectivity index (χ3n) is 4.00. The van der Waals surface area contributed by atoms with Crippen molar-refractivity contribution in [1.82, 2.24) is 9.36 Å². The summed E-state index contributed by atoms with van der Waals surface area (Å²) in [6.45, 7) is 1.89. The van der Waals surface area contributed by atoms with Gasteiger partial charge in [0.1, 0.15) is 22.4 Å². The molecule has 130 valence electrons. The van der Waals surface area contributed by atoms with E-state index in [9.17, 15) is 4.79 Å². The third kappa shape index (κ3) is 4.32. The van der Waals surface area contributed by atoms with Gasteiger partial charge in [0, 0.05) is 12.3 Å². The fourth-order valence-electron chi connectivity index (χ4n) is 2.65. The lowest BCUT2D eigenvalue weighted by Crippen LogP contribution is -2.15. The normalized spacial score (nSPS) is 14.2. The molecule has 0 aliphatic heterocycles. The Hall–Kier alpha value is -2.50. The fourth-order valence-corrected chi connectivity index (χ4v) is 3.30. The highest BCUT2D eigenvalue weighted by Crippen LogP contribution is 2.24. The summed E-state index contributed by atoms with van der Waals surface area (Å²) in [6, 6.07) is 5.24. The van der Waals surface area contributed by atoms with Crippen molar-refractivity contribution in [3.05, 3.63) is 34.6 Å². The molecule has 0 saturated heterocycles. The van der Waals surface area contributed by atoms with Gasteiger partial charge in [-0.05, 0) is 37.4 Å². The largest absolute Gasteiger partial charge is 0.467 e. The standard InChI is InChI=1S/C17H18N4O3S/c1-11-16(15(9-18)25-21-11)20-17(22)14-8-13(6-7-19-14)24-10-23-12-4-2-3-5-12/h6-8,12H,2-5,10H2,1H3,(H,20,22). The van der Waals surface area contributed by atoms with Crippen LogP contribution in [0.4, 0.5) is 5.69 Å². The van der Waals surface area contributed by atoms with Gasteiger partial charge in [-0.3, -0.25) is 9.78 Å². The van der Waals surface area contributed by atoms with Crippen molar-refractivity contribution in [1.29, 1.82) is 5.26 Å². The van der Waals surface area contributed by atoms with E-state index in [-0.39, 0.29) is 18.6 Å². The molecular formula is C17H18N4O3S. The maximum atomic E-state index is 12.4. The van der Waals surface area contributed by atoms with Crippen molar-refractivity contribution in [2.24, 2.45) is 0 Å². The number of carbonyl (C=O) groups excluding carboxylic acids is 1. The van der Waals surface area contributed by atoms with Gasteiger partial charge in [-0.25, -0.2) is 0 Å². The lowest BCUT2D eigenvalue weighted by molar-refractivity contribution is -0.0325. The van der Waals surface area contributed by atoms with Crippen LogP contribution in [-0.4, -0.2) is 28.2 Å². The van der Waals surface area contributed by atoms with Gasteiger partial charge in [-0.15, -0.1) is 0 Å². The quantitative estimate of drug-likeness (QED) is 0.796. The number of pyridine rings is 1. The van der Waals surface area contributed by atoms with Crippen LogP contribution in [0.1, 0.15) is 46.7 Å². The Labute approximate surface area is 149 Å². The van der Waals surface area contributed by atoms with Gasteiger partial charge in [0.15, 0.2) is 6.79 Å². The summed E-state index contributed by atoms with van der Waals surface area (Å²) in [5.41, 5.74) is 1.23. The predicted molar refractivity (Wildman–Crippen MR) is 92.6 cm³/mol. The Bertz CT molecular complexity index is 793.